The van der Waals surface area contributed by atoms with Gasteiger partial charge in [0.25, 0.3) is 0 Å². The molecule has 0 heterocycles. The quantitative estimate of drug-likeness (QED) is 0.625. The van der Waals surface area contributed by atoms with Gasteiger partial charge in [-0.05, 0) is 24.3 Å². The van der Waals surface area contributed by atoms with E-state index in [0.29, 0.717) is 26.1 Å². The number of hydrogen-bond donors (Lipinski definition) is 3. The van der Waals surface area contributed by atoms with Crippen LogP contribution in [0.2, 0.25) is 0 Å². The molecule has 0 saturated carbocycles. The summed E-state index contributed by atoms with van der Waals surface area (Å²) in [7, 11) is 1.60. The molecule has 2 amide bonds. The Hall–Kier alpha value is -2.08. The highest BCUT2D eigenvalue weighted by molar-refractivity contribution is 5.88. The number of amides is 2. The summed E-state index contributed by atoms with van der Waals surface area (Å²) in [6.45, 7) is 3.07. The highest BCUT2D eigenvalue weighted by Gasteiger charge is 2.00. The summed E-state index contributed by atoms with van der Waals surface area (Å²) < 4.78 is 4.84. The van der Waals surface area contributed by atoms with Crippen molar-refractivity contribution in [3.63, 3.8) is 0 Å². The van der Waals surface area contributed by atoms with E-state index in [4.69, 9.17) is 4.74 Å². The molecule has 0 unspecified atom stereocenters. The number of carbonyl (C=O) groups excluding carboxylic acids is 2. The van der Waals surface area contributed by atoms with Gasteiger partial charge < -0.3 is 20.7 Å². The molecule has 0 fully saturated rings. The molecule has 6 heteroatoms. The van der Waals surface area contributed by atoms with Gasteiger partial charge in [0.2, 0.25) is 11.8 Å². The van der Waals surface area contributed by atoms with Crippen LogP contribution >= 0.6 is 0 Å². The van der Waals surface area contributed by atoms with E-state index in [1.54, 1.807) is 7.11 Å². The fourth-order valence-corrected chi connectivity index (χ4v) is 1.58. The Bertz CT molecular complexity index is 432. The second-order valence-corrected chi connectivity index (χ2v) is 4.28. The lowest BCUT2D eigenvalue weighted by molar-refractivity contribution is -0.121. The fourth-order valence-electron chi connectivity index (χ4n) is 1.58. The summed E-state index contributed by atoms with van der Waals surface area (Å²) in [5.41, 5.74) is 1.66. The third-order valence-corrected chi connectivity index (χ3v) is 2.51. The molecule has 1 aromatic rings. The molecule has 0 aliphatic heterocycles. The van der Waals surface area contributed by atoms with Crippen LogP contribution in [-0.2, 0) is 14.3 Å². The average molecular weight is 279 g/mol. The molecule has 0 radical (unpaired) electrons. The first-order valence-corrected chi connectivity index (χ1v) is 6.49. The molecular formula is C14H21N3O3. The Labute approximate surface area is 118 Å². The second-order valence-electron chi connectivity index (χ2n) is 4.28. The van der Waals surface area contributed by atoms with Crippen molar-refractivity contribution >= 4 is 23.2 Å². The van der Waals surface area contributed by atoms with Crippen LogP contribution in [0.15, 0.2) is 24.3 Å². The van der Waals surface area contributed by atoms with Crippen molar-refractivity contribution in [1.29, 1.82) is 0 Å². The van der Waals surface area contributed by atoms with Gasteiger partial charge in [0, 0.05) is 44.9 Å². The van der Waals surface area contributed by atoms with Gasteiger partial charge in [0.15, 0.2) is 0 Å². The summed E-state index contributed by atoms with van der Waals surface area (Å²) in [5.74, 6) is -0.108. The molecule has 0 saturated heterocycles. The largest absolute Gasteiger partial charge is 0.385 e. The maximum atomic E-state index is 11.4. The zero-order valence-corrected chi connectivity index (χ0v) is 11.9. The number of ether oxygens (including phenoxy) is 1. The van der Waals surface area contributed by atoms with Crippen molar-refractivity contribution in [3.05, 3.63) is 24.3 Å². The first-order valence-electron chi connectivity index (χ1n) is 6.49. The Morgan fingerprint density at radius 2 is 1.75 bits per heavy atom. The van der Waals surface area contributed by atoms with Crippen LogP contribution in [0.5, 0.6) is 0 Å². The maximum Gasteiger partial charge on any atom is 0.221 e. The lowest BCUT2D eigenvalue weighted by atomic mass is 10.2. The Morgan fingerprint density at radius 1 is 1.10 bits per heavy atom. The van der Waals surface area contributed by atoms with Crippen molar-refractivity contribution in [2.45, 2.75) is 13.3 Å². The van der Waals surface area contributed by atoms with Gasteiger partial charge in [-0.15, -0.1) is 0 Å². The minimum absolute atomic E-state index is 0.00980. The lowest BCUT2D eigenvalue weighted by Crippen LogP contribution is -2.28. The van der Waals surface area contributed by atoms with Crippen molar-refractivity contribution in [3.8, 4) is 0 Å². The predicted octanol–water partition coefficient (Wildman–Crippen LogP) is 1.21. The molecule has 1 aromatic carbocycles. The van der Waals surface area contributed by atoms with Crippen LogP contribution in [0.3, 0.4) is 0 Å². The van der Waals surface area contributed by atoms with Gasteiger partial charge >= 0.3 is 0 Å². The highest BCUT2D eigenvalue weighted by Crippen LogP contribution is 2.13. The fraction of sp³-hybridized carbons (Fsp3) is 0.429. The van der Waals surface area contributed by atoms with Crippen molar-refractivity contribution in [2.75, 3.05) is 37.4 Å². The summed E-state index contributed by atoms with van der Waals surface area (Å²) in [5, 5.41) is 8.58. The highest BCUT2D eigenvalue weighted by atomic mass is 16.5. The number of carbonyl (C=O) groups is 2. The average Bonchev–Trinajstić information content (AvgIpc) is 2.40. The van der Waals surface area contributed by atoms with E-state index in [-0.39, 0.29) is 11.8 Å². The molecule has 110 valence electrons. The zero-order valence-electron chi connectivity index (χ0n) is 11.9. The van der Waals surface area contributed by atoms with Crippen LogP contribution in [0.25, 0.3) is 0 Å². The zero-order chi connectivity index (χ0) is 14.8. The SMILES string of the molecule is COCCNC(=O)CCNc1ccc(NC(C)=O)cc1. The molecule has 3 N–H and O–H groups in total. The number of methoxy groups -OCH3 is 1. The third-order valence-electron chi connectivity index (χ3n) is 2.51. The van der Waals surface area contributed by atoms with Crippen LogP contribution in [-0.4, -0.2) is 38.6 Å². The minimum atomic E-state index is -0.0987. The van der Waals surface area contributed by atoms with E-state index in [0.717, 1.165) is 11.4 Å². The molecule has 6 nitrogen and oxygen atoms in total. The first kappa shape index (κ1) is 16.0. The van der Waals surface area contributed by atoms with E-state index in [9.17, 15) is 9.59 Å². The second kappa shape index (κ2) is 8.92. The number of rotatable bonds is 8. The van der Waals surface area contributed by atoms with Crippen molar-refractivity contribution < 1.29 is 14.3 Å². The molecular weight excluding hydrogens is 258 g/mol. The monoisotopic (exact) mass is 279 g/mol. The Kier molecular flexibility index (Phi) is 7.13. The summed E-state index contributed by atoms with van der Waals surface area (Å²) >= 11 is 0. The van der Waals surface area contributed by atoms with E-state index in [1.807, 2.05) is 24.3 Å². The van der Waals surface area contributed by atoms with E-state index < -0.39 is 0 Å². The predicted molar refractivity (Wildman–Crippen MR) is 78.7 cm³/mol. The Morgan fingerprint density at radius 3 is 2.35 bits per heavy atom. The van der Waals surface area contributed by atoms with Crippen LogP contribution in [0.1, 0.15) is 13.3 Å². The topological polar surface area (TPSA) is 79.5 Å². The smallest absolute Gasteiger partial charge is 0.221 e. The number of nitrogens with one attached hydrogen (secondary N) is 3. The summed E-state index contributed by atoms with van der Waals surface area (Å²) in [4.78, 5) is 22.3. The summed E-state index contributed by atoms with van der Waals surface area (Å²) in [6.07, 6.45) is 0.400. The van der Waals surface area contributed by atoms with Crippen LogP contribution in [0.4, 0.5) is 11.4 Å². The normalized spacial score (nSPS) is 9.90. The van der Waals surface area contributed by atoms with E-state index in [1.165, 1.54) is 6.92 Å². The van der Waals surface area contributed by atoms with Gasteiger partial charge in [-0.1, -0.05) is 0 Å². The van der Waals surface area contributed by atoms with Gasteiger partial charge in [-0.25, -0.2) is 0 Å². The van der Waals surface area contributed by atoms with Gasteiger partial charge in [0.05, 0.1) is 6.61 Å². The van der Waals surface area contributed by atoms with Gasteiger partial charge in [0.1, 0.15) is 0 Å². The molecule has 1 rings (SSSR count). The molecule has 0 atom stereocenters. The van der Waals surface area contributed by atoms with Crippen LogP contribution < -0.4 is 16.0 Å². The minimum Gasteiger partial charge on any atom is -0.385 e. The molecule has 0 spiro atoms. The van der Waals surface area contributed by atoms with Crippen LogP contribution in [0, 0.1) is 0 Å². The summed E-state index contributed by atoms with van der Waals surface area (Å²) in [6, 6.07) is 7.33. The van der Waals surface area contributed by atoms with Gasteiger partial charge in [-0.2, -0.15) is 0 Å². The molecule has 0 bridgehead atoms. The molecule has 0 aliphatic carbocycles. The van der Waals surface area contributed by atoms with Crippen molar-refractivity contribution in [1.82, 2.24) is 5.32 Å². The number of anilines is 2. The van der Waals surface area contributed by atoms with Gasteiger partial charge in [-0.3, -0.25) is 9.59 Å². The standard InChI is InChI=1S/C14H21N3O3/c1-11(18)17-13-5-3-12(4-6-13)15-8-7-14(19)16-9-10-20-2/h3-6,15H,7-10H2,1-2H3,(H,16,19)(H,17,18). The molecule has 0 aromatic heterocycles. The Balaban J connectivity index is 2.24. The number of hydrogen-bond acceptors (Lipinski definition) is 4. The number of benzene rings is 1. The first-order chi connectivity index (χ1) is 9.61. The maximum absolute atomic E-state index is 11.4. The lowest BCUT2D eigenvalue weighted by Gasteiger charge is -2.08. The van der Waals surface area contributed by atoms with E-state index in [2.05, 4.69) is 16.0 Å². The van der Waals surface area contributed by atoms with Crippen molar-refractivity contribution in [2.24, 2.45) is 0 Å². The molecule has 0 aliphatic rings. The van der Waals surface area contributed by atoms with E-state index >= 15 is 0 Å². The third kappa shape index (κ3) is 6.75. The molecule has 20 heavy (non-hydrogen) atoms.